The molecule has 2 nitrogen and oxygen atoms in total. The molecule has 0 amide bonds. The van der Waals surface area contributed by atoms with Crippen molar-refractivity contribution in [3.63, 3.8) is 0 Å². The molecule has 0 atom stereocenters. The second-order valence-electron chi connectivity index (χ2n) is 2.51. The van der Waals surface area contributed by atoms with Crippen LogP contribution in [0.15, 0.2) is 36.1 Å². The quantitative estimate of drug-likeness (QED) is 0.399. The van der Waals surface area contributed by atoms with Crippen LogP contribution in [0.5, 0.6) is 0 Å². The van der Waals surface area contributed by atoms with Gasteiger partial charge in [-0.15, -0.1) is 0 Å². The highest BCUT2D eigenvalue weighted by Crippen LogP contribution is 2.05. The Balaban J connectivity index is 2.79. The number of carbonyl (C=O) groups is 1. The Bertz CT molecular complexity index is 288. The third kappa shape index (κ3) is 3.11. The zero-order chi connectivity index (χ0) is 9.52. The Kier molecular flexibility index (Phi) is 3.76. The zero-order valence-corrected chi connectivity index (χ0v) is 7.57. The largest absolute Gasteiger partial charge is 0.490 e. The van der Waals surface area contributed by atoms with Crippen LogP contribution in [0, 0.1) is 0 Å². The van der Waals surface area contributed by atoms with E-state index < -0.39 is 0 Å². The van der Waals surface area contributed by atoms with Gasteiger partial charge in [-0.25, -0.2) is 0 Å². The van der Waals surface area contributed by atoms with E-state index in [0.717, 1.165) is 11.8 Å². The molecule has 0 aliphatic heterocycles. The number of hydrogen-bond acceptors (Lipinski definition) is 2. The topological polar surface area (TPSA) is 26.3 Å². The third-order valence-electron chi connectivity index (χ3n) is 1.54. The summed E-state index contributed by atoms with van der Waals surface area (Å²) < 4.78 is 5.09. The molecule has 0 bridgehead atoms. The van der Waals surface area contributed by atoms with Gasteiger partial charge < -0.3 is 4.74 Å². The Morgan fingerprint density at radius 1 is 1.38 bits per heavy atom. The number of carbonyl (C=O) groups excluding carboxylic acids is 1. The van der Waals surface area contributed by atoms with Crippen LogP contribution in [0.4, 0.5) is 0 Å². The average molecular weight is 176 g/mol. The van der Waals surface area contributed by atoms with Crippen LogP contribution >= 0.6 is 0 Å². The minimum atomic E-state index is 0.369. The van der Waals surface area contributed by atoms with Gasteiger partial charge in [-0.2, -0.15) is 0 Å². The fraction of sp³-hybridized carbons (Fsp3) is 0.182. The first kappa shape index (κ1) is 9.52. The van der Waals surface area contributed by atoms with Crippen molar-refractivity contribution in [1.82, 2.24) is 0 Å². The first-order valence-corrected chi connectivity index (χ1v) is 4.21. The SMILES string of the molecule is CCO/C(C=O)=C/c1ccccc1. The lowest BCUT2D eigenvalue weighted by atomic mass is 10.2. The van der Waals surface area contributed by atoms with Gasteiger partial charge in [0.1, 0.15) is 0 Å². The molecule has 1 rings (SSSR count). The van der Waals surface area contributed by atoms with Crippen molar-refractivity contribution in [2.45, 2.75) is 6.92 Å². The van der Waals surface area contributed by atoms with E-state index in [1.807, 2.05) is 37.3 Å². The van der Waals surface area contributed by atoms with Crippen molar-refractivity contribution in [2.24, 2.45) is 0 Å². The lowest BCUT2D eigenvalue weighted by molar-refractivity contribution is -0.107. The molecular weight excluding hydrogens is 164 g/mol. The van der Waals surface area contributed by atoms with Gasteiger partial charge in [-0.3, -0.25) is 4.79 Å². The molecule has 0 spiro atoms. The summed E-state index contributed by atoms with van der Waals surface area (Å²) in [5.74, 6) is 0.369. The molecule has 2 heteroatoms. The van der Waals surface area contributed by atoms with Gasteiger partial charge in [-0.1, -0.05) is 30.3 Å². The van der Waals surface area contributed by atoms with Crippen molar-refractivity contribution in [1.29, 1.82) is 0 Å². The minimum Gasteiger partial charge on any atom is -0.490 e. The van der Waals surface area contributed by atoms with E-state index in [0.29, 0.717) is 12.4 Å². The summed E-state index contributed by atoms with van der Waals surface area (Å²) in [6, 6.07) is 9.60. The summed E-state index contributed by atoms with van der Waals surface area (Å²) >= 11 is 0. The van der Waals surface area contributed by atoms with Crippen LogP contribution in [0.25, 0.3) is 6.08 Å². The highest BCUT2D eigenvalue weighted by molar-refractivity contribution is 5.78. The van der Waals surface area contributed by atoms with E-state index in [2.05, 4.69) is 0 Å². The van der Waals surface area contributed by atoms with Crippen LogP contribution in [-0.2, 0) is 9.53 Å². The smallest absolute Gasteiger partial charge is 0.184 e. The van der Waals surface area contributed by atoms with Crippen molar-refractivity contribution in [2.75, 3.05) is 6.61 Å². The van der Waals surface area contributed by atoms with Crippen molar-refractivity contribution in [3.8, 4) is 0 Å². The highest BCUT2D eigenvalue weighted by Gasteiger charge is 1.93. The fourth-order valence-corrected chi connectivity index (χ4v) is 0.990. The number of aldehydes is 1. The molecule has 0 aliphatic rings. The summed E-state index contributed by atoms with van der Waals surface area (Å²) in [7, 11) is 0. The molecule has 68 valence electrons. The van der Waals surface area contributed by atoms with E-state index >= 15 is 0 Å². The monoisotopic (exact) mass is 176 g/mol. The van der Waals surface area contributed by atoms with Crippen molar-refractivity contribution >= 4 is 12.4 Å². The number of ether oxygens (including phenoxy) is 1. The molecule has 0 saturated heterocycles. The molecule has 13 heavy (non-hydrogen) atoms. The molecule has 0 heterocycles. The summed E-state index contributed by atoms with van der Waals surface area (Å²) in [6.45, 7) is 2.36. The van der Waals surface area contributed by atoms with Gasteiger partial charge in [0.15, 0.2) is 12.0 Å². The summed E-state index contributed by atoms with van der Waals surface area (Å²) in [5.41, 5.74) is 0.970. The van der Waals surface area contributed by atoms with Crippen molar-refractivity contribution in [3.05, 3.63) is 41.7 Å². The maximum Gasteiger partial charge on any atom is 0.184 e. The minimum absolute atomic E-state index is 0.369. The Labute approximate surface area is 77.8 Å². The fourth-order valence-electron chi connectivity index (χ4n) is 0.990. The molecule has 0 aromatic heterocycles. The van der Waals surface area contributed by atoms with E-state index in [-0.39, 0.29) is 0 Å². The zero-order valence-electron chi connectivity index (χ0n) is 7.57. The van der Waals surface area contributed by atoms with Crippen LogP contribution in [0.1, 0.15) is 12.5 Å². The Hall–Kier alpha value is -1.57. The maximum atomic E-state index is 10.5. The number of hydrogen-bond donors (Lipinski definition) is 0. The lowest BCUT2D eigenvalue weighted by Crippen LogP contribution is -1.92. The van der Waals surface area contributed by atoms with Gasteiger partial charge >= 0.3 is 0 Å². The van der Waals surface area contributed by atoms with Crippen LogP contribution in [-0.4, -0.2) is 12.9 Å². The van der Waals surface area contributed by atoms with Crippen LogP contribution < -0.4 is 0 Å². The third-order valence-corrected chi connectivity index (χ3v) is 1.54. The predicted octanol–water partition coefficient (Wildman–Crippen LogP) is 2.26. The summed E-state index contributed by atoms with van der Waals surface area (Å²) in [5, 5.41) is 0. The molecule has 0 N–H and O–H groups in total. The van der Waals surface area contributed by atoms with Crippen molar-refractivity contribution < 1.29 is 9.53 Å². The number of allylic oxidation sites excluding steroid dienone is 1. The maximum absolute atomic E-state index is 10.5. The molecule has 0 radical (unpaired) electrons. The first-order valence-electron chi connectivity index (χ1n) is 4.21. The molecular formula is C11H12O2. The molecule has 1 aromatic rings. The van der Waals surface area contributed by atoms with Gasteiger partial charge in [0, 0.05) is 0 Å². The normalized spacial score (nSPS) is 11.0. The first-order chi connectivity index (χ1) is 6.36. The van der Waals surface area contributed by atoms with Gasteiger partial charge in [0.2, 0.25) is 0 Å². The molecule has 0 fully saturated rings. The van der Waals surface area contributed by atoms with Gasteiger partial charge in [-0.05, 0) is 18.6 Å². The second-order valence-corrected chi connectivity index (χ2v) is 2.51. The summed E-state index contributed by atoms with van der Waals surface area (Å²) in [4.78, 5) is 10.5. The Morgan fingerprint density at radius 2 is 2.08 bits per heavy atom. The lowest BCUT2D eigenvalue weighted by Gasteiger charge is -2.00. The molecule has 1 aromatic carbocycles. The van der Waals surface area contributed by atoms with E-state index in [1.165, 1.54) is 0 Å². The van der Waals surface area contributed by atoms with E-state index in [1.54, 1.807) is 6.08 Å². The van der Waals surface area contributed by atoms with E-state index in [9.17, 15) is 4.79 Å². The predicted molar refractivity (Wildman–Crippen MR) is 52.1 cm³/mol. The number of rotatable bonds is 4. The van der Waals surface area contributed by atoms with Crippen LogP contribution in [0.2, 0.25) is 0 Å². The number of benzene rings is 1. The van der Waals surface area contributed by atoms with Gasteiger partial charge in [0.25, 0.3) is 0 Å². The van der Waals surface area contributed by atoms with Crippen LogP contribution in [0.3, 0.4) is 0 Å². The standard InChI is InChI=1S/C11H12O2/c1-2-13-11(9-12)8-10-6-4-3-5-7-10/h3-9H,2H2,1H3/b11-8+. The second kappa shape index (κ2) is 5.14. The highest BCUT2D eigenvalue weighted by atomic mass is 16.5. The molecule has 0 aliphatic carbocycles. The molecule has 0 saturated carbocycles. The molecule has 0 unspecified atom stereocenters. The summed E-state index contributed by atoms with van der Waals surface area (Å²) in [6.07, 6.45) is 2.44. The Morgan fingerprint density at radius 3 is 2.62 bits per heavy atom. The van der Waals surface area contributed by atoms with Gasteiger partial charge in [0.05, 0.1) is 6.61 Å². The average Bonchev–Trinajstić information content (AvgIpc) is 2.19. The van der Waals surface area contributed by atoms with E-state index in [4.69, 9.17) is 4.74 Å².